The molecule has 0 saturated carbocycles. The van der Waals surface area contributed by atoms with Gasteiger partial charge in [0.1, 0.15) is 22.8 Å². The molecule has 0 fully saturated rings. The Bertz CT molecular complexity index is 1920. The summed E-state index contributed by atoms with van der Waals surface area (Å²) in [6, 6.07) is 23.1. The molecule has 3 N–H and O–H groups in total. The third-order valence-corrected chi connectivity index (χ3v) is 7.52. The van der Waals surface area contributed by atoms with Crippen molar-refractivity contribution >= 4 is 61.8 Å². The number of H-pyrrole nitrogens is 1. The normalized spacial score (nSPS) is 11.2. The van der Waals surface area contributed by atoms with Crippen LogP contribution in [0.2, 0.25) is 5.02 Å². The topological polar surface area (TPSA) is 114 Å². The molecule has 0 aliphatic carbocycles. The van der Waals surface area contributed by atoms with Crippen LogP contribution in [0.15, 0.2) is 95.8 Å². The Kier molecular flexibility index (Phi) is 6.23. The highest BCUT2D eigenvalue weighted by molar-refractivity contribution is 7.22. The van der Waals surface area contributed by atoms with Gasteiger partial charge in [-0.3, -0.25) is 15.1 Å². The average molecular weight is 566 g/mol. The van der Waals surface area contributed by atoms with Crippen molar-refractivity contribution in [2.24, 2.45) is 0 Å². The summed E-state index contributed by atoms with van der Waals surface area (Å²) >= 11 is 7.56. The molecule has 9 nitrogen and oxygen atoms in total. The number of halogens is 1. The summed E-state index contributed by atoms with van der Waals surface area (Å²) in [6.45, 7) is 0.638. The van der Waals surface area contributed by atoms with Gasteiger partial charge in [0.2, 0.25) is 0 Å². The van der Waals surface area contributed by atoms with E-state index in [4.69, 9.17) is 20.8 Å². The first-order valence-electron chi connectivity index (χ1n) is 12.3. The first kappa shape index (κ1) is 24.1. The minimum absolute atomic E-state index is 0.388. The number of fused-ring (bicyclic) bond motifs is 2. The fraction of sp³-hybridized carbons (Fsp3) is 0.0345. The number of hydrogen-bond acceptors (Lipinski definition) is 9. The Morgan fingerprint density at radius 3 is 2.70 bits per heavy atom. The van der Waals surface area contributed by atoms with E-state index in [1.54, 1.807) is 35.9 Å². The van der Waals surface area contributed by atoms with Gasteiger partial charge in [0.15, 0.2) is 5.58 Å². The van der Waals surface area contributed by atoms with E-state index in [2.05, 4.69) is 41.8 Å². The molecule has 196 valence electrons. The monoisotopic (exact) mass is 565 g/mol. The van der Waals surface area contributed by atoms with Crippen LogP contribution in [0.1, 0.15) is 5.56 Å². The Morgan fingerprint density at radius 1 is 0.950 bits per heavy atom. The summed E-state index contributed by atoms with van der Waals surface area (Å²) in [7, 11) is 0. The van der Waals surface area contributed by atoms with E-state index in [0.29, 0.717) is 40.2 Å². The lowest BCUT2D eigenvalue weighted by atomic mass is 10.2. The maximum absolute atomic E-state index is 6.29. The number of aromatic amines is 1. The molecule has 0 atom stereocenters. The standard InChI is InChI=1S/C29H20ClN7O2S/c30-18-2-4-19(5-3-18)35-29-36-22-13-20(6-8-24(22)39-29)38-25-9-11-31-23-14-26(40-28(23)25)21-7-1-17(15-32-21)16-33-27-10-12-34-37-27/h1-15H,16H2,(H,35,36)(H2,33,34,37). The number of hydrogen-bond donors (Lipinski definition) is 3. The maximum atomic E-state index is 6.29. The molecule has 0 radical (unpaired) electrons. The smallest absolute Gasteiger partial charge is 0.300 e. The van der Waals surface area contributed by atoms with Gasteiger partial charge in [-0.15, -0.1) is 11.3 Å². The molecule has 0 spiro atoms. The van der Waals surface area contributed by atoms with Crippen molar-refractivity contribution in [2.45, 2.75) is 6.54 Å². The molecule has 7 rings (SSSR count). The number of oxazole rings is 1. The van der Waals surface area contributed by atoms with Crippen LogP contribution < -0.4 is 15.4 Å². The van der Waals surface area contributed by atoms with E-state index in [1.807, 2.05) is 60.8 Å². The number of thiophene rings is 1. The SMILES string of the molecule is Clc1ccc(Nc2nc3cc(Oc4ccnc5cc(-c6ccc(CNc7cc[nH]n7)cn6)sc45)ccc3o2)cc1. The van der Waals surface area contributed by atoms with Gasteiger partial charge >= 0.3 is 0 Å². The van der Waals surface area contributed by atoms with E-state index >= 15 is 0 Å². The molecule has 0 saturated heterocycles. The van der Waals surface area contributed by atoms with Crippen molar-refractivity contribution in [3.63, 3.8) is 0 Å². The van der Waals surface area contributed by atoms with Crippen LogP contribution in [0.5, 0.6) is 11.5 Å². The molecular formula is C29H20ClN7O2S. The van der Waals surface area contributed by atoms with E-state index < -0.39 is 0 Å². The Hall–Kier alpha value is -4.93. The van der Waals surface area contributed by atoms with E-state index in [9.17, 15) is 0 Å². The van der Waals surface area contributed by atoms with Gasteiger partial charge in [-0.25, -0.2) is 0 Å². The minimum atomic E-state index is 0.388. The quantitative estimate of drug-likeness (QED) is 0.170. The molecule has 40 heavy (non-hydrogen) atoms. The molecule has 0 aliphatic rings. The highest BCUT2D eigenvalue weighted by atomic mass is 35.5. The second-order valence-corrected chi connectivity index (χ2v) is 10.4. The number of nitrogens with one attached hydrogen (secondary N) is 3. The van der Waals surface area contributed by atoms with Gasteiger partial charge in [0, 0.05) is 48.0 Å². The molecule has 0 amide bonds. The summed E-state index contributed by atoms with van der Waals surface area (Å²) in [6.07, 6.45) is 5.39. The summed E-state index contributed by atoms with van der Waals surface area (Å²) in [5.41, 5.74) is 4.94. The number of anilines is 3. The highest BCUT2D eigenvalue weighted by Crippen LogP contribution is 2.39. The van der Waals surface area contributed by atoms with Crippen molar-refractivity contribution in [1.29, 1.82) is 0 Å². The highest BCUT2D eigenvalue weighted by Gasteiger charge is 2.13. The third kappa shape index (κ3) is 5.05. The van der Waals surface area contributed by atoms with Gasteiger partial charge in [-0.2, -0.15) is 10.1 Å². The zero-order valence-electron chi connectivity index (χ0n) is 20.8. The summed E-state index contributed by atoms with van der Waals surface area (Å²) in [5, 5.41) is 14.0. The summed E-state index contributed by atoms with van der Waals surface area (Å²) < 4.78 is 13.1. The molecule has 0 bridgehead atoms. The van der Waals surface area contributed by atoms with Crippen molar-refractivity contribution in [3.8, 4) is 22.1 Å². The van der Waals surface area contributed by atoms with Crippen molar-refractivity contribution in [2.75, 3.05) is 10.6 Å². The second kappa shape index (κ2) is 10.3. The molecule has 0 unspecified atom stereocenters. The number of nitrogens with zero attached hydrogens (tertiary/aromatic N) is 4. The Labute approximate surface area is 236 Å². The van der Waals surface area contributed by atoms with Crippen molar-refractivity contribution in [3.05, 3.63) is 102 Å². The third-order valence-electron chi connectivity index (χ3n) is 6.11. The molecule has 0 aliphatic heterocycles. The minimum Gasteiger partial charge on any atom is -0.456 e. The van der Waals surface area contributed by atoms with Crippen LogP contribution in [0.25, 0.3) is 31.9 Å². The zero-order chi connectivity index (χ0) is 26.9. The lowest BCUT2D eigenvalue weighted by molar-refractivity contribution is 0.489. The second-order valence-electron chi connectivity index (χ2n) is 8.88. The van der Waals surface area contributed by atoms with Crippen LogP contribution in [-0.2, 0) is 6.54 Å². The summed E-state index contributed by atoms with van der Waals surface area (Å²) in [5.74, 6) is 2.15. The van der Waals surface area contributed by atoms with E-state index in [0.717, 1.165) is 37.9 Å². The number of ether oxygens (including phenoxy) is 1. The van der Waals surface area contributed by atoms with Crippen molar-refractivity contribution < 1.29 is 9.15 Å². The molecule has 7 aromatic rings. The number of aromatic nitrogens is 5. The number of benzene rings is 2. The Morgan fingerprint density at radius 2 is 1.88 bits per heavy atom. The van der Waals surface area contributed by atoms with Gasteiger partial charge in [-0.1, -0.05) is 17.7 Å². The van der Waals surface area contributed by atoms with Gasteiger partial charge in [0.25, 0.3) is 6.01 Å². The van der Waals surface area contributed by atoms with E-state index in [1.165, 1.54) is 0 Å². The van der Waals surface area contributed by atoms with Crippen LogP contribution in [-0.4, -0.2) is 25.1 Å². The number of rotatable bonds is 8. The van der Waals surface area contributed by atoms with Crippen LogP contribution >= 0.6 is 22.9 Å². The average Bonchev–Trinajstić information content (AvgIpc) is 3.73. The molecule has 5 heterocycles. The molecule has 11 heteroatoms. The fourth-order valence-electron chi connectivity index (χ4n) is 4.16. The fourth-order valence-corrected chi connectivity index (χ4v) is 5.32. The molecule has 2 aromatic carbocycles. The predicted molar refractivity (Wildman–Crippen MR) is 158 cm³/mol. The van der Waals surface area contributed by atoms with Gasteiger partial charge in [-0.05, 0) is 60.2 Å². The summed E-state index contributed by atoms with van der Waals surface area (Å²) in [4.78, 5) is 14.8. The largest absolute Gasteiger partial charge is 0.456 e. The Balaban J connectivity index is 1.09. The van der Waals surface area contributed by atoms with Gasteiger partial charge in [0.05, 0.1) is 20.8 Å². The van der Waals surface area contributed by atoms with Gasteiger partial charge < -0.3 is 19.8 Å². The molecule has 5 aromatic heterocycles. The van der Waals surface area contributed by atoms with Crippen LogP contribution in [0.4, 0.5) is 17.5 Å². The maximum Gasteiger partial charge on any atom is 0.300 e. The van der Waals surface area contributed by atoms with Crippen molar-refractivity contribution in [1.82, 2.24) is 25.1 Å². The first-order valence-corrected chi connectivity index (χ1v) is 13.5. The first-order chi connectivity index (χ1) is 19.7. The predicted octanol–water partition coefficient (Wildman–Crippen LogP) is 8.02. The van der Waals surface area contributed by atoms with Crippen LogP contribution in [0.3, 0.4) is 0 Å². The number of pyridine rings is 2. The van der Waals surface area contributed by atoms with Crippen LogP contribution in [0, 0.1) is 0 Å². The molecular weight excluding hydrogens is 546 g/mol. The lowest BCUT2D eigenvalue weighted by Crippen LogP contribution is -2.00. The zero-order valence-corrected chi connectivity index (χ0v) is 22.3. The van der Waals surface area contributed by atoms with E-state index in [-0.39, 0.29) is 0 Å². The lowest BCUT2D eigenvalue weighted by Gasteiger charge is -2.06.